The van der Waals surface area contributed by atoms with Gasteiger partial charge in [0.2, 0.25) is 5.69 Å². The Kier molecular flexibility index (Phi) is 13.2. The minimum absolute atomic E-state index is 0.135. The first-order chi connectivity index (χ1) is 29.6. The number of hydrogen-bond donors (Lipinski definition) is 0. The molecule has 0 spiro atoms. The smallest absolute Gasteiger partial charge is 0.210 e. The van der Waals surface area contributed by atoms with Crippen LogP contribution in [-0.4, -0.2) is 16.8 Å². The van der Waals surface area contributed by atoms with Crippen LogP contribution < -0.4 is 4.90 Å². The van der Waals surface area contributed by atoms with Crippen LogP contribution in [0, 0.1) is 6.92 Å². The molecule has 5 aromatic rings. The molecule has 316 valence electrons. The van der Waals surface area contributed by atoms with Crippen molar-refractivity contribution in [1.29, 1.82) is 0 Å². The Hall–Kier alpha value is -4.66. The number of fused-ring (bicyclic) bond motifs is 6. The average molecular weight is 829 g/mol. The second-order valence-corrected chi connectivity index (χ2v) is 19.6. The topological polar surface area (TPSA) is 6.25 Å². The van der Waals surface area contributed by atoms with Crippen molar-refractivity contribution in [3.8, 4) is 0 Å². The molecule has 2 aliphatic heterocycles. The minimum Gasteiger partial charge on any atom is -0.344 e. The summed E-state index contributed by atoms with van der Waals surface area (Å²) in [5, 5.41) is 6.24. The second kappa shape index (κ2) is 18.8. The maximum absolute atomic E-state index is 7.49. The molecule has 0 atom stereocenters. The highest BCUT2D eigenvalue weighted by Gasteiger charge is 2.46. The van der Waals surface area contributed by atoms with Crippen molar-refractivity contribution < 1.29 is 4.58 Å². The highest BCUT2D eigenvalue weighted by atomic mass is 35.5. The molecule has 0 bridgehead atoms. The van der Waals surface area contributed by atoms with E-state index in [9.17, 15) is 0 Å². The van der Waals surface area contributed by atoms with Crippen LogP contribution in [0.25, 0.3) is 21.5 Å². The van der Waals surface area contributed by atoms with E-state index in [4.69, 9.17) is 11.6 Å². The van der Waals surface area contributed by atoms with E-state index in [-0.39, 0.29) is 10.8 Å². The molecular weight excluding hydrogens is 760 g/mol. The number of halogens is 1. The van der Waals surface area contributed by atoms with E-state index < -0.39 is 0 Å². The van der Waals surface area contributed by atoms with Gasteiger partial charge >= 0.3 is 0 Å². The van der Waals surface area contributed by atoms with Crippen LogP contribution in [0.2, 0.25) is 0 Å². The fraction of sp³-hybridized carbons (Fsp3) is 0.397. The molecule has 0 radical (unpaired) electrons. The lowest BCUT2D eigenvalue weighted by molar-refractivity contribution is -0.455. The molecule has 5 aromatic carbocycles. The molecule has 0 unspecified atom stereocenters. The normalized spacial score (nSPS) is 18.4. The Balaban J connectivity index is 1.09. The summed E-state index contributed by atoms with van der Waals surface area (Å²) in [4.78, 5) is 2.65. The molecule has 0 fully saturated rings. The highest BCUT2D eigenvalue weighted by Crippen LogP contribution is 2.51. The summed E-state index contributed by atoms with van der Waals surface area (Å²) in [5.41, 5.74) is 13.0. The molecule has 2 nitrogen and oxygen atoms in total. The molecule has 8 rings (SSSR count). The molecule has 0 saturated heterocycles. The van der Waals surface area contributed by atoms with E-state index in [0.717, 1.165) is 37.4 Å². The molecular formula is C58H68ClN2+. The number of nitrogens with zero attached hydrogens (tertiary/aromatic N) is 2. The van der Waals surface area contributed by atoms with Crippen LogP contribution in [0.4, 0.5) is 11.4 Å². The molecule has 0 saturated carbocycles. The van der Waals surface area contributed by atoms with E-state index >= 15 is 0 Å². The Bertz CT molecular complexity index is 2540. The van der Waals surface area contributed by atoms with Crippen molar-refractivity contribution in [2.24, 2.45) is 0 Å². The molecule has 61 heavy (non-hydrogen) atoms. The van der Waals surface area contributed by atoms with Crippen LogP contribution in [0.15, 0.2) is 143 Å². The molecule has 0 amide bonds. The minimum atomic E-state index is -0.187. The molecule has 0 aromatic heterocycles. The summed E-state index contributed by atoms with van der Waals surface area (Å²) in [5.74, 6) is 0. The zero-order chi connectivity index (χ0) is 42.6. The number of rotatable bonds is 16. The SMILES string of the molecule is CCCCCCCCCCCCN1C(=CC=C2CCCC(C=CC3=[N+](Cc4ccc(C)cc4)c4ccc5ccccc5c4C3(C)C)=C2Cl)C(C)(C)c2c1ccc1ccccc21. The van der Waals surface area contributed by atoms with E-state index in [1.54, 1.807) is 0 Å². The van der Waals surface area contributed by atoms with Gasteiger partial charge in [0.05, 0.1) is 5.41 Å². The number of hydrogen-bond acceptors (Lipinski definition) is 1. The van der Waals surface area contributed by atoms with E-state index in [1.807, 2.05) is 0 Å². The van der Waals surface area contributed by atoms with E-state index in [2.05, 4.69) is 172 Å². The molecule has 3 heteroatoms. The van der Waals surface area contributed by atoms with E-state index in [0.29, 0.717) is 0 Å². The van der Waals surface area contributed by atoms with Gasteiger partial charge in [-0.2, -0.15) is 4.58 Å². The van der Waals surface area contributed by atoms with Gasteiger partial charge in [-0.05, 0) is 103 Å². The molecule has 2 heterocycles. The van der Waals surface area contributed by atoms with Crippen LogP contribution >= 0.6 is 11.6 Å². The van der Waals surface area contributed by atoms with Crippen molar-refractivity contribution in [2.75, 3.05) is 11.4 Å². The van der Waals surface area contributed by atoms with Crippen molar-refractivity contribution in [3.05, 3.63) is 165 Å². The number of anilines is 1. The third-order valence-corrected chi connectivity index (χ3v) is 14.5. The lowest BCUT2D eigenvalue weighted by atomic mass is 9.78. The number of allylic oxidation sites excluding steroid dienone is 8. The molecule has 0 N–H and O–H groups in total. The quantitative estimate of drug-likeness (QED) is 0.0709. The van der Waals surface area contributed by atoms with Crippen LogP contribution in [0.5, 0.6) is 0 Å². The summed E-state index contributed by atoms with van der Waals surface area (Å²) in [6.45, 7) is 16.0. The number of benzene rings is 5. The first-order valence-electron chi connectivity index (χ1n) is 23.6. The van der Waals surface area contributed by atoms with Gasteiger partial charge in [0, 0.05) is 51.6 Å². The number of aryl methyl sites for hydroxylation is 1. The van der Waals surface area contributed by atoms with Crippen molar-refractivity contribution in [3.63, 3.8) is 0 Å². The Morgan fingerprint density at radius 1 is 0.639 bits per heavy atom. The van der Waals surface area contributed by atoms with E-state index in [1.165, 1.54) is 142 Å². The second-order valence-electron chi connectivity index (χ2n) is 19.2. The van der Waals surface area contributed by atoms with Gasteiger partial charge in [-0.25, -0.2) is 0 Å². The Morgan fingerprint density at radius 3 is 1.95 bits per heavy atom. The summed E-state index contributed by atoms with van der Waals surface area (Å²) < 4.78 is 2.55. The zero-order valence-electron chi connectivity index (χ0n) is 37.9. The van der Waals surface area contributed by atoms with Crippen molar-refractivity contribution >= 4 is 50.2 Å². The first-order valence-corrected chi connectivity index (χ1v) is 24.0. The van der Waals surface area contributed by atoms with Crippen LogP contribution in [-0.2, 0) is 17.4 Å². The van der Waals surface area contributed by atoms with Gasteiger partial charge < -0.3 is 4.90 Å². The van der Waals surface area contributed by atoms with Crippen LogP contribution in [0.1, 0.15) is 140 Å². The zero-order valence-corrected chi connectivity index (χ0v) is 38.7. The Morgan fingerprint density at radius 2 is 1.26 bits per heavy atom. The summed E-state index contributed by atoms with van der Waals surface area (Å²) >= 11 is 7.49. The molecule has 1 aliphatic carbocycles. The predicted molar refractivity (Wildman–Crippen MR) is 265 cm³/mol. The van der Waals surface area contributed by atoms with Gasteiger partial charge in [0.15, 0.2) is 12.3 Å². The van der Waals surface area contributed by atoms with Gasteiger partial charge in [0.25, 0.3) is 0 Å². The summed E-state index contributed by atoms with van der Waals surface area (Å²) in [6, 6.07) is 36.1. The third-order valence-electron chi connectivity index (χ3n) is 14.0. The maximum atomic E-state index is 7.49. The predicted octanol–water partition coefficient (Wildman–Crippen LogP) is 16.6. The fourth-order valence-corrected chi connectivity index (χ4v) is 11.0. The van der Waals surface area contributed by atoms with Gasteiger partial charge in [-0.3, -0.25) is 0 Å². The van der Waals surface area contributed by atoms with Gasteiger partial charge in [-0.1, -0.05) is 187 Å². The lowest BCUT2D eigenvalue weighted by Gasteiger charge is -2.27. The van der Waals surface area contributed by atoms with Crippen molar-refractivity contribution in [1.82, 2.24) is 0 Å². The fourth-order valence-electron chi connectivity index (χ4n) is 10.7. The van der Waals surface area contributed by atoms with Gasteiger partial charge in [-0.15, -0.1) is 0 Å². The van der Waals surface area contributed by atoms with Gasteiger partial charge in [0.1, 0.15) is 0 Å². The van der Waals surface area contributed by atoms with Crippen LogP contribution in [0.3, 0.4) is 0 Å². The maximum Gasteiger partial charge on any atom is 0.210 e. The highest BCUT2D eigenvalue weighted by molar-refractivity contribution is 6.32. The van der Waals surface area contributed by atoms with Crippen molar-refractivity contribution in [2.45, 2.75) is 142 Å². The standard InChI is InChI=1S/C58H68ClN2/c1-7-8-9-10-11-12-13-14-15-20-40-60-50-36-32-44-22-16-18-26-48(44)54(50)57(3,4)52(60)38-34-46-24-21-25-47(56(46)59)35-39-53-58(5,6)55-49-27-19-17-23-45(49)33-37-51(55)61(53)41-43-30-28-42(2)29-31-43/h16-19,22-23,26-39H,7-15,20-21,24-25,40-41H2,1-6H3/q+1. The number of unbranched alkanes of at least 4 members (excludes halogenated alkanes) is 9. The average Bonchev–Trinajstić information content (AvgIpc) is 3.62. The Labute approximate surface area is 372 Å². The molecule has 3 aliphatic rings. The largest absolute Gasteiger partial charge is 0.344 e. The monoisotopic (exact) mass is 828 g/mol. The summed E-state index contributed by atoms with van der Waals surface area (Å²) in [6.07, 6.45) is 26.1. The lowest BCUT2D eigenvalue weighted by Crippen LogP contribution is -2.27. The summed E-state index contributed by atoms with van der Waals surface area (Å²) in [7, 11) is 0. The first kappa shape index (κ1) is 43.0. The third kappa shape index (κ3) is 8.86.